The van der Waals surface area contributed by atoms with Crippen LogP contribution < -0.4 is 0 Å². The molecule has 1 fully saturated rings. The first-order chi connectivity index (χ1) is 14.1. The first kappa shape index (κ1) is 19.2. The molecule has 1 aliphatic heterocycles. The molecule has 2 heterocycles. The van der Waals surface area contributed by atoms with Crippen LogP contribution in [0.15, 0.2) is 52.9 Å². The lowest BCUT2D eigenvalue weighted by Gasteiger charge is -2.31. The lowest BCUT2D eigenvalue weighted by molar-refractivity contribution is -0.384. The Morgan fingerprint density at radius 2 is 1.76 bits per heavy atom. The van der Waals surface area contributed by atoms with E-state index in [1.165, 1.54) is 29.8 Å². The summed E-state index contributed by atoms with van der Waals surface area (Å²) < 4.78 is 18.8. The highest BCUT2D eigenvalue weighted by molar-refractivity contribution is 5.55. The number of nitrogens with zero attached hydrogens (tertiary/aromatic N) is 4. The van der Waals surface area contributed by atoms with Crippen LogP contribution in [0, 0.1) is 21.8 Å². The average molecular weight is 396 g/mol. The molecule has 0 radical (unpaired) electrons. The van der Waals surface area contributed by atoms with Crippen LogP contribution in [0.4, 0.5) is 10.1 Å². The van der Waals surface area contributed by atoms with Gasteiger partial charge in [-0.3, -0.25) is 15.0 Å². The van der Waals surface area contributed by atoms with Gasteiger partial charge >= 0.3 is 0 Å². The zero-order valence-corrected chi connectivity index (χ0v) is 15.8. The van der Waals surface area contributed by atoms with Crippen LogP contribution in [0.2, 0.25) is 0 Å². The third-order valence-electron chi connectivity index (χ3n) is 5.30. The number of halogens is 1. The van der Waals surface area contributed by atoms with E-state index >= 15 is 0 Å². The largest absolute Gasteiger partial charge is 0.419 e. The number of aromatic nitrogens is 2. The molecule has 0 aliphatic carbocycles. The van der Waals surface area contributed by atoms with Crippen molar-refractivity contribution in [3.63, 3.8) is 0 Å². The molecule has 0 atom stereocenters. The van der Waals surface area contributed by atoms with E-state index in [1.807, 2.05) is 12.1 Å². The molecule has 0 spiro atoms. The molecule has 1 aliphatic rings. The third-order valence-corrected chi connectivity index (χ3v) is 5.30. The number of non-ortho nitro benzene ring substituents is 1. The maximum atomic E-state index is 13.0. The Kier molecular flexibility index (Phi) is 5.62. The Morgan fingerprint density at radius 1 is 1.07 bits per heavy atom. The second-order valence-corrected chi connectivity index (χ2v) is 7.36. The van der Waals surface area contributed by atoms with Crippen molar-refractivity contribution in [1.29, 1.82) is 0 Å². The van der Waals surface area contributed by atoms with Gasteiger partial charge in [0.25, 0.3) is 5.69 Å². The van der Waals surface area contributed by atoms with Crippen LogP contribution in [-0.2, 0) is 13.0 Å². The number of hydrogen-bond donors (Lipinski definition) is 0. The first-order valence-electron chi connectivity index (χ1n) is 9.61. The number of nitro groups is 1. The van der Waals surface area contributed by atoms with E-state index in [2.05, 4.69) is 15.1 Å². The average Bonchev–Trinajstić information content (AvgIpc) is 3.20. The Morgan fingerprint density at radius 3 is 2.41 bits per heavy atom. The smallest absolute Gasteiger partial charge is 0.269 e. The summed E-state index contributed by atoms with van der Waals surface area (Å²) in [4.78, 5) is 12.6. The maximum Gasteiger partial charge on any atom is 0.269 e. The summed E-state index contributed by atoms with van der Waals surface area (Å²) in [5, 5.41) is 18.9. The molecule has 0 amide bonds. The minimum Gasteiger partial charge on any atom is -0.419 e. The zero-order valence-electron chi connectivity index (χ0n) is 15.8. The van der Waals surface area contributed by atoms with Gasteiger partial charge in [-0.1, -0.05) is 12.1 Å². The van der Waals surface area contributed by atoms with Crippen LogP contribution in [0.25, 0.3) is 11.5 Å². The highest BCUT2D eigenvalue weighted by atomic mass is 19.1. The number of piperidine rings is 1. The van der Waals surface area contributed by atoms with Gasteiger partial charge in [0.15, 0.2) is 0 Å². The van der Waals surface area contributed by atoms with Crippen LogP contribution in [0.1, 0.15) is 24.3 Å². The van der Waals surface area contributed by atoms with Gasteiger partial charge < -0.3 is 4.42 Å². The normalized spacial score (nSPS) is 15.5. The van der Waals surface area contributed by atoms with Crippen molar-refractivity contribution in [2.45, 2.75) is 25.8 Å². The fraction of sp³-hybridized carbons (Fsp3) is 0.333. The Labute approximate surface area is 167 Å². The molecule has 7 nitrogen and oxygen atoms in total. The molecule has 29 heavy (non-hydrogen) atoms. The number of hydrogen-bond acceptors (Lipinski definition) is 6. The van der Waals surface area contributed by atoms with E-state index in [0.717, 1.165) is 32.4 Å². The summed E-state index contributed by atoms with van der Waals surface area (Å²) in [5.74, 6) is 1.29. The van der Waals surface area contributed by atoms with Crippen molar-refractivity contribution in [3.05, 3.63) is 75.9 Å². The van der Waals surface area contributed by atoms with Gasteiger partial charge in [-0.25, -0.2) is 4.39 Å². The minimum atomic E-state index is -0.442. The summed E-state index contributed by atoms with van der Waals surface area (Å²) in [6.07, 6.45) is 3.11. The Bertz CT molecular complexity index is 964. The summed E-state index contributed by atoms with van der Waals surface area (Å²) >= 11 is 0. The van der Waals surface area contributed by atoms with Crippen molar-refractivity contribution in [1.82, 2.24) is 15.1 Å². The molecule has 150 valence electrons. The van der Waals surface area contributed by atoms with E-state index in [0.29, 0.717) is 29.8 Å². The summed E-state index contributed by atoms with van der Waals surface area (Å²) in [6, 6.07) is 12.8. The molecule has 4 rings (SSSR count). The van der Waals surface area contributed by atoms with Gasteiger partial charge in [0.1, 0.15) is 5.82 Å². The topological polar surface area (TPSA) is 85.3 Å². The van der Waals surface area contributed by atoms with Crippen molar-refractivity contribution < 1.29 is 13.7 Å². The number of rotatable bonds is 6. The monoisotopic (exact) mass is 396 g/mol. The van der Waals surface area contributed by atoms with Crippen LogP contribution in [-0.4, -0.2) is 33.1 Å². The molecule has 2 aromatic carbocycles. The molecular weight excluding hydrogens is 375 g/mol. The number of likely N-dealkylation sites (tertiary alicyclic amines) is 1. The summed E-state index contributed by atoms with van der Waals surface area (Å²) in [7, 11) is 0. The highest BCUT2D eigenvalue weighted by Gasteiger charge is 2.21. The molecule has 0 saturated carbocycles. The molecular formula is C21H21FN4O3. The van der Waals surface area contributed by atoms with E-state index in [-0.39, 0.29) is 11.5 Å². The molecule has 0 bridgehead atoms. The van der Waals surface area contributed by atoms with E-state index < -0.39 is 4.92 Å². The molecule has 8 heteroatoms. The molecule has 1 aromatic heterocycles. The SMILES string of the molecule is O=[N+]([O-])c1ccc(-c2nnc(CN3CCC(Cc4ccc(F)cc4)CC3)o2)cc1. The van der Waals surface area contributed by atoms with Crippen molar-refractivity contribution >= 4 is 5.69 Å². The van der Waals surface area contributed by atoms with Crippen LogP contribution in [0.3, 0.4) is 0 Å². The van der Waals surface area contributed by atoms with Gasteiger partial charge in [-0.05, 0) is 68.1 Å². The van der Waals surface area contributed by atoms with Crippen molar-refractivity contribution in [2.75, 3.05) is 13.1 Å². The predicted molar refractivity (Wildman–Crippen MR) is 104 cm³/mol. The maximum absolute atomic E-state index is 13.0. The van der Waals surface area contributed by atoms with Crippen molar-refractivity contribution in [3.8, 4) is 11.5 Å². The lowest BCUT2D eigenvalue weighted by Crippen LogP contribution is -2.34. The van der Waals surface area contributed by atoms with Gasteiger partial charge in [-0.15, -0.1) is 10.2 Å². The van der Waals surface area contributed by atoms with Crippen LogP contribution >= 0.6 is 0 Å². The van der Waals surface area contributed by atoms with E-state index in [4.69, 9.17) is 4.42 Å². The van der Waals surface area contributed by atoms with Crippen LogP contribution in [0.5, 0.6) is 0 Å². The van der Waals surface area contributed by atoms with Gasteiger partial charge in [-0.2, -0.15) is 0 Å². The minimum absolute atomic E-state index is 0.0250. The van der Waals surface area contributed by atoms with E-state index in [9.17, 15) is 14.5 Å². The fourth-order valence-electron chi connectivity index (χ4n) is 3.65. The zero-order chi connectivity index (χ0) is 20.2. The van der Waals surface area contributed by atoms with Gasteiger partial charge in [0.05, 0.1) is 11.5 Å². The highest BCUT2D eigenvalue weighted by Crippen LogP contribution is 2.25. The summed E-state index contributed by atoms with van der Waals surface area (Å²) in [6.45, 7) is 2.48. The second-order valence-electron chi connectivity index (χ2n) is 7.36. The van der Waals surface area contributed by atoms with Gasteiger partial charge in [0, 0.05) is 17.7 Å². The third kappa shape index (κ3) is 4.83. The Balaban J connectivity index is 1.29. The quantitative estimate of drug-likeness (QED) is 0.458. The number of benzene rings is 2. The van der Waals surface area contributed by atoms with E-state index in [1.54, 1.807) is 12.1 Å². The molecule has 0 unspecified atom stereocenters. The van der Waals surface area contributed by atoms with Gasteiger partial charge in [0.2, 0.25) is 11.8 Å². The molecule has 1 saturated heterocycles. The Hall–Kier alpha value is -3.13. The standard InChI is InChI=1S/C21H21FN4O3/c22-18-5-1-15(2-6-18)13-16-9-11-25(12-10-16)14-20-23-24-21(29-20)17-3-7-19(8-4-17)26(27)28/h1-8,16H,9-14H2. The number of nitro benzene ring substituents is 1. The first-order valence-corrected chi connectivity index (χ1v) is 9.61. The summed E-state index contributed by atoms with van der Waals surface area (Å²) in [5.41, 5.74) is 1.86. The predicted octanol–water partition coefficient (Wildman–Crippen LogP) is 4.24. The molecule has 3 aromatic rings. The second kappa shape index (κ2) is 8.48. The lowest BCUT2D eigenvalue weighted by atomic mass is 9.90. The fourth-order valence-corrected chi connectivity index (χ4v) is 3.65. The molecule has 0 N–H and O–H groups in total. The van der Waals surface area contributed by atoms with Crippen molar-refractivity contribution in [2.24, 2.45) is 5.92 Å².